The van der Waals surface area contributed by atoms with Gasteiger partial charge in [0.15, 0.2) is 11.7 Å². The van der Waals surface area contributed by atoms with Crippen LogP contribution in [0, 0.1) is 5.92 Å². The van der Waals surface area contributed by atoms with Gasteiger partial charge in [-0.15, -0.1) is 0 Å². The molecule has 1 unspecified atom stereocenters. The maximum atomic E-state index is 12.7. The molecule has 146 valence electrons. The highest BCUT2D eigenvalue weighted by molar-refractivity contribution is 6.17. The minimum absolute atomic E-state index is 0.0915. The Morgan fingerprint density at radius 3 is 2.27 bits per heavy atom. The summed E-state index contributed by atoms with van der Waals surface area (Å²) in [5.74, 6) is -2.96. The van der Waals surface area contributed by atoms with Crippen LogP contribution in [-0.4, -0.2) is 71.4 Å². The Hall–Kier alpha value is -2.12. The van der Waals surface area contributed by atoms with Crippen molar-refractivity contribution in [2.24, 2.45) is 5.92 Å². The van der Waals surface area contributed by atoms with Crippen molar-refractivity contribution in [2.75, 3.05) is 26.2 Å². The molecule has 8 nitrogen and oxygen atoms in total. The zero-order chi connectivity index (χ0) is 19.5. The van der Waals surface area contributed by atoms with E-state index in [1.54, 1.807) is 16.7 Å². The molecule has 0 N–H and O–H groups in total. The molecular formula is C18H28N2O6. The molecule has 0 bridgehead atoms. The quantitative estimate of drug-likeness (QED) is 0.552. The van der Waals surface area contributed by atoms with Crippen molar-refractivity contribution in [3.05, 3.63) is 0 Å². The van der Waals surface area contributed by atoms with E-state index in [-0.39, 0.29) is 30.9 Å². The lowest BCUT2D eigenvalue weighted by molar-refractivity contribution is -0.162. The van der Waals surface area contributed by atoms with E-state index in [2.05, 4.69) is 0 Å². The van der Waals surface area contributed by atoms with E-state index < -0.39 is 23.4 Å². The minimum Gasteiger partial charge on any atom is -0.465 e. The Kier molecular flexibility index (Phi) is 6.26. The van der Waals surface area contributed by atoms with Gasteiger partial charge in [-0.1, -0.05) is 0 Å². The largest absolute Gasteiger partial charge is 0.465 e. The summed E-state index contributed by atoms with van der Waals surface area (Å²) in [5, 5.41) is 0. The molecule has 1 atom stereocenters. The highest BCUT2D eigenvalue weighted by Crippen LogP contribution is 2.25. The first-order chi connectivity index (χ1) is 12.1. The molecule has 26 heavy (non-hydrogen) atoms. The number of carbonyl (C=O) groups is 4. The van der Waals surface area contributed by atoms with Crippen molar-refractivity contribution in [1.82, 2.24) is 9.80 Å². The second-order valence-electron chi connectivity index (χ2n) is 7.63. The van der Waals surface area contributed by atoms with Crippen LogP contribution >= 0.6 is 0 Å². The fourth-order valence-corrected chi connectivity index (χ4v) is 3.30. The summed E-state index contributed by atoms with van der Waals surface area (Å²) in [6, 6.07) is -0.0915. The summed E-state index contributed by atoms with van der Waals surface area (Å²) in [7, 11) is 0. The molecule has 2 aliphatic heterocycles. The predicted octanol–water partition coefficient (Wildman–Crippen LogP) is 1.37. The second kappa shape index (κ2) is 8.05. The van der Waals surface area contributed by atoms with Crippen LogP contribution in [0.4, 0.5) is 4.79 Å². The van der Waals surface area contributed by atoms with Gasteiger partial charge in [-0.3, -0.25) is 14.4 Å². The Morgan fingerprint density at radius 1 is 1.12 bits per heavy atom. The Morgan fingerprint density at radius 2 is 1.73 bits per heavy atom. The third-order valence-electron chi connectivity index (χ3n) is 4.53. The number of nitrogens with zero attached hydrogens (tertiary/aromatic N) is 2. The predicted molar refractivity (Wildman–Crippen MR) is 92.3 cm³/mol. The SMILES string of the molecule is CCOC(=O)C1C(=O)CCN(C2CCN(C(=O)OC(C)(C)C)CC2)C1=O. The van der Waals surface area contributed by atoms with Crippen molar-refractivity contribution >= 4 is 23.8 Å². The maximum absolute atomic E-state index is 12.7. The van der Waals surface area contributed by atoms with Gasteiger partial charge in [-0.05, 0) is 40.5 Å². The van der Waals surface area contributed by atoms with Crippen LogP contribution in [0.3, 0.4) is 0 Å². The second-order valence-corrected chi connectivity index (χ2v) is 7.63. The minimum atomic E-state index is -1.34. The van der Waals surface area contributed by atoms with Crippen molar-refractivity contribution in [1.29, 1.82) is 0 Å². The van der Waals surface area contributed by atoms with Gasteiger partial charge in [-0.2, -0.15) is 0 Å². The molecule has 0 spiro atoms. The lowest BCUT2D eigenvalue weighted by Crippen LogP contribution is -2.56. The van der Waals surface area contributed by atoms with Crippen molar-refractivity contribution < 1.29 is 28.7 Å². The first-order valence-corrected chi connectivity index (χ1v) is 9.11. The number of carbonyl (C=O) groups excluding carboxylic acids is 4. The number of ketones is 1. The van der Waals surface area contributed by atoms with Gasteiger partial charge in [0.05, 0.1) is 6.61 Å². The van der Waals surface area contributed by atoms with Gasteiger partial charge in [0.2, 0.25) is 5.91 Å². The van der Waals surface area contributed by atoms with Gasteiger partial charge >= 0.3 is 12.1 Å². The zero-order valence-electron chi connectivity index (χ0n) is 15.9. The lowest BCUT2D eigenvalue weighted by atomic mass is 9.92. The van der Waals surface area contributed by atoms with Gasteiger partial charge in [0.1, 0.15) is 5.60 Å². The molecule has 0 aromatic heterocycles. The highest BCUT2D eigenvalue weighted by atomic mass is 16.6. The standard InChI is InChI=1S/C18H28N2O6/c1-5-25-16(23)14-13(21)8-11-20(15(14)22)12-6-9-19(10-7-12)17(24)26-18(2,3)4/h12,14H,5-11H2,1-4H3. The van der Waals surface area contributed by atoms with Gasteiger partial charge in [-0.25, -0.2) is 4.79 Å². The molecule has 2 saturated heterocycles. The average molecular weight is 368 g/mol. The summed E-state index contributed by atoms with van der Waals surface area (Å²) in [6.07, 6.45) is 0.978. The molecule has 0 aromatic carbocycles. The first kappa shape index (κ1) is 20.2. The Labute approximate surface area is 153 Å². The van der Waals surface area contributed by atoms with Crippen LogP contribution in [0.2, 0.25) is 0 Å². The average Bonchev–Trinajstić information content (AvgIpc) is 2.54. The van der Waals surface area contributed by atoms with E-state index >= 15 is 0 Å². The van der Waals surface area contributed by atoms with E-state index in [4.69, 9.17) is 9.47 Å². The monoisotopic (exact) mass is 368 g/mol. The zero-order valence-corrected chi connectivity index (χ0v) is 15.9. The Bertz CT molecular complexity index is 575. The normalized spacial score (nSPS) is 22.4. The molecule has 0 radical (unpaired) electrons. The molecule has 2 amide bonds. The number of ether oxygens (including phenoxy) is 2. The molecule has 2 aliphatic rings. The summed E-state index contributed by atoms with van der Waals surface area (Å²) < 4.78 is 10.2. The molecule has 0 aliphatic carbocycles. The van der Waals surface area contributed by atoms with E-state index in [0.717, 1.165) is 0 Å². The van der Waals surface area contributed by atoms with Crippen LogP contribution < -0.4 is 0 Å². The number of esters is 1. The summed E-state index contributed by atoms with van der Waals surface area (Å²) in [6.45, 7) is 8.47. The highest BCUT2D eigenvalue weighted by Gasteiger charge is 2.44. The topological polar surface area (TPSA) is 93.2 Å². The number of piperidine rings is 2. The van der Waals surface area contributed by atoms with Crippen LogP contribution in [0.5, 0.6) is 0 Å². The molecule has 2 fully saturated rings. The van der Waals surface area contributed by atoms with Crippen LogP contribution in [0.1, 0.15) is 47.0 Å². The number of Topliss-reactive ketones (excluding diaryl/α,β-unsaturated/α-hetero) is 1. The third kappa shape index (κ3) is 4.74. The number of amides is 2. The smallest absolute Gasteiger partial charge is 0.410 e. The van der Waals surface area contributed by atoms with Crippen LogP contribution in [0.25, 0.3) is 0 Å². The summed E-state index contributed by atoms with van der Waals surface area (Å²) >= 11 is 0. The van der Waals surface area contributed by atoms with Crippen molar-refractivity contribution in [3.8, 4) is 0 Å². The van der Waals surface area contributed by atoms with Gasteiger partial charge < -0.3 is 19.3 Å². The van der Waals surface area contributed by atoms with Crippen LogP contribution in [0.15, 0.2) is 0 Å². The molecule has 8 heteroatoms. The third-order valence-corrected chi connectivity index (χ3v) is 4.53. The van der Waals surface area contributed by atoms with Crippen LogP contribution in [-0.2, 0) is 23.9 Å². The number of rotatable bonds is 3. The van der Waals surface area contributed by atoms with E-state index in [0.29, 0.717) is 32.5 Å². The first-order valence-electron chi connectivity index (χ1n) is 9.11. The molecule has 0 aromatic rings. The van der Waals surface area contributed by atoms with Gasteiger partial charge in [0, 0.05) is 32.1 Å². The fraction of sp³-hybridized carbons (Fsp3) is 0.778. The van der Waals surface area contributed by atoms with Gasteiger partial charge in [0.25, 0.3) is 0 Å². The van der Waals surface area contributed by atoms with Crippen molar-refractivity contribution in [3.63, 3.8) is 0 Å². The fourth-order valence-electron chi connectivity index (χ4n) is 3.30. The number of likely N-dealkylation sites (tertiary alicyclic amines) is 2. The summed E-state index contributed by atoms with van der Waals surface area (Å²) in [5.41, 5.74) is -0.552. The maximum Gasteiger partial charge on any atom is 0.410 e. The lowest BCUT2D eigenvalue weighted by Gasteiger charge is -2.41. The number of hydrogen-bond donors (Lipinski definition) is 0. The van der Waals surface area contributed by atoms with E-state index in [1.165, 1.54) is 0 Å². The van der Waals surface area contributed by atoms with E-state index in [1.807, 2.05) is 20.8 Å². The van der Waals surface area contributed by atoms with Crippen molar-refractivity contribution in [2.45, 2.75) is 58.6 Å². The summed E-state index contributed by atoms with van der Waals surface area (Å²) in [4.78, 5) is 52.0. The number of hydrogen-bond acceptors (Lipinski definition) is 6. The Balaban J connectivity index is 1.96. The molecule has 2 rings (SSSR count). The molecule has 2 heterocycles. The molecular weight excluding hydrogens is 340 g/mol. The van der Waals surface area contributed by atoms with E-state index in [9.17, 15) is 19.2 Å². The molecule has 0 saturated carbocycles.